The van der Waals surface area contributed by atoms with Crippen molar-refractivity contribution in [2.75, 3.05) is 0 Å². The highest BCUT2D eigenvalue weighted by Gasteiger charge is 2.40. The molecule has 3 aromatic rings. The van der Waals surface area contributed by atoms with E-state index in [1.807, 2.05) is 30.3 Å². The van der Waals surface area contributed by atoms with Gasteiger partial charge in [-0.3, -0.25) is 0 Å². The van der Waals surface area contributed by atoms with E-state index in [2.05, 4.69) is 42.5 Å². The molecule has 30 heavy (non-hydrogen) atoms. The summed E-state index contributed by atoms with van der Waals surface area (Å²) in [5, 5.41) is 2.32. The SMILES string of the molecule is CC(C[C@H](c1ccccc1)c1ccc2ccccc2c1)=C1C(=O)OC(C)(C)OC1=O. The molecule has 0 aliphatic carbocycles. The Bertz CT molecular complexity index is 1120. The minimum atomic E-state index is -1.24. The Balaban J connectivity index is 1.75. The minimum Gasteiger partial charge on any atom is -0.419 e. The summed E-state index contributed by atoms with van der Waals surface area (Å²) in [6.45, 7) is 4.90. The molecular weight excluding hydrogens is 376 g/mol. The van der Waals surface area contributed by atoms with Crippen molar-refractivity contribution in [3.63, 3.8) is 0 Å². The van der Waals surface area contributed by atoms with Crippen molar-refractivity contribution in [1.82, 2.24) is 0 Å². The van der Waals surface area contributed by atoms with Gasteiger partial charge in [0.15, 0.2) is 0 Å². The first-order valence-corrected chi connectivity index (χ1v) is 10.0. The Hall–Kier alpha value is -3.40. The Kier molecular flexibility index (Phi) is 5.17. The molecule has 4 nitrogen and oxygen atoms in total. The lowest BCUT2D eigenvalue weighted by atomic mass is 9.84. The molecule has 152 valence electrons. The fourth-order valence-electron chi connectivity index (χ4n) is 3.95. The van der Waals surface area contributed by atoms with Crippen LogP contribution in [0.1, 0.15) is 44.2 Å². The summed E-state index contributed by atoms with van der Waals surface area (Å²) in [6.07, 6.45) is 0.502. The number of rotatable bonds is 4. The summed E-state index contributed by atoms with van der Waals surface area (Å²) in [6, 6.07) is 24.7. The standard InChI is InChI=1S/C26H24O4/c1-17(23-24(27)29-26(2,3)30-25(23)28)15-22(19-10-5-4-6-11-19)21-14-13-18-9-7-8-12-20(18)16-21/h4-14,16,22H,15H2,1-3H3/t22-/m1/s1. The van der Waals surface area contributed by atoms with Crippen molar-refractivity contribution in [3.8, 4) is 0 Å². The highest BCUT2D eigenvalue weighted by Crippen LogP contribution is 2.35. The first-order valence-electron chi connectivity index (χ1n) is 10.0. The zero-order chi connectivity index (χ0) is 21.3. The summed E-state index contributed by atoms with van der Waals surface area (Å²) in [7, 11) is 0. The van der Waals surface area contributed by atoms with Gasteiger partial charge in [0.1, 0.15) is 5.57 Å². The van der Waals surface area contributed by atoms with Crippen LogP contribution in [0.15, 0.2) is 83.9 Å². The van der Waals surface area contributed by atoms with Crippen molar-refractivity contribution in [1.29, 1.82) is 0 Å². The maximum atomic E-state index is 12.5. The van der Waals surface area contributed by atoms with Crippen LogP contribution in [0.4, 0.5) is 0 Å². The van der Waals surface area contributed by atoms with Gasteiger partial charge in [-0.05, 0) is 35.2 Å². The van der Waals surface area contributed by atoms with E-state index in [0.29, 0.717) is 12.0 Å². The second-order valence-electron chi connectivity index (χ2n) is 8.11. The van der Waals surface area contributed by atoms with Gasteiger partial charge in [0.25, 0.3) is 5.79 Å². The quantitative estimate of drug-likeness (QED) is 0.329. The predicted octanol–water partition coefficient (Wildman–Crippen LogP) is 5.51. The number of carbonyl (C=O) groups excluding carboxylic acids is 2. The van der Waals surface area contributed by atoms with Crippen molar-refractivity contribution < 1.29 is 19.1 Å². The number of esters is 2. The molecule has 1 aliphatic heterocycles. The molecule has 4 rings (SSSR count). The minimum absolute atomic E-state index is 0.00366. The number of benzene rings is 3. The molecule has 1 aliphatic rings. The van der Waals surface area contributed by atoms with Crippen LogP contribution in [0.3, 0.4) is 0 Å². The third-order valence-electron chi connectivity index (χ3n) is 5.40. The van der Waals surface area contributed by atoms with Gasteiger partial charge < -0.3 is 9.47 Å². The summed E-state index contributed by atoms with van der Waals surface area (Å²) in [5.74, 6) is -2.51. The smallest absolute Gasteiger partial charge is 0.348 e. The van der Waals surface area contributed by atoms with Crippen LogP contribution in [0.2, 0.25) is 0 Å². The maximum absolute atomic E-state index is 12.5. The van der Waals surface area contributed by atoms with Crippen LogP contribution >= 0.6 is 0 Å². The number of hydrogen-bond acceptors (Lipinski definition) is 4. The average molecular weight is 400 g/mol. The van der Waals surface area contributed by atoms with E-state index < -0.39 is 17.7 Å². The van der Waals surface area contributed by atoms with E-state index in [1.54, 1.807) is 20.8 Å². The monoisotopic (exact) mass is 400 g/mol. The van der Waals surface area contributed by atoms with Crippen LogP contribution < -0.4 is 0 Å². The Morgan fingerprint density at radius 1 is 0.800 bits per heavy atom. The Morgan fingerprint density at radius 3 is 2.07 bits per heavy atom. The molecule has 0 radical (unpaired) electrons. The highest BCUT2D eigenvalue weighted by molar-refractivity contribution is 6.16. The van der Waals surface area contributed by atoms with Crippen LogP contribution in [-0.2, 0) is 19.1 Å². The van der Waals surface area contributed by atoms with E-state index in [1.165, 1.54) is 5.39 Å². The first kappa shape index (κ1) is 19.9. The number of fused-ring (bicyclic) bond motifs is 1. The number of cyclic esters (lactones) is 2. The molecule has 1 heterocycles. The lowest BCUT2D eigenvalue weighted by molar-refractivity contribution is -0.222. The highest BCUT2D eigenvalue weighted by atomic mass is 16.7. The molecule has 1 atom stereocenters. The fraction of sp³-hybridized carbons (Fsp3) is 0.231. The van der Waals surface area contributed by atoms with Crippen LogP contribution in [0, 0.1) is 0 Å². The molecule has 0 unspecified atom stereocenters. The molecule has 0 spiro atoms. The summed E-state index contributed by atoms with van der Waals surface area (Å²) in [4.78, 5) is 25.0. The van der Waals surface area contributed by atoms with Gasteiger partial charge in [-0.2, -0.15) is 0 Å². The van der Waals surface area contributed by atoms with Crippen molar-refractivity contribution in [2.24, 2.45) is 0 Å². The Labute approximate surface area is 176 Å². The zero-order valence-corrected chi connectivity index (χ0v) is 17.3. The molecular formula is C26H24O4. The molecule has 0 aromatic heterocycles. The van der Waals surface area contributed by atoms with E-state index >= 15 is 0 Å². The lowest BCUT2D eigenvalue weighted by Crippen LogP contribution is -2.42. The molecule has 0 saturated carbocycles. The van der Waals surface area contributed by atoms with Crippen molar-refractivity contribution in [2.45, 2.75) is 38.9 Å². The number of hydrogen-bond donors (Lipinski definition) is 0. The normalized spacial score (nSPS) is 16.7. The van der Waals surface area contributed by atoms with Gasteiger partial charge in [-0.1, -0.05) is 78.4 Å². The van der Waals surface area contributed by atoms with E-state index in [4.69, 9.17) is 9.47 Å². The third kappa shape index (κ3) is 3.99. The molecule has 0 N–H and O–H groups in total. The van der Waals surface area contributed by atoms with Gasteiger partial charge in [0, 0.05) is 19.8 Å². The molecule has 0 bridgehead atoms. The fourth-order valence-corrected chi connectivity index (χ4v) is 3.95. The molecule has 4 heteroatoms. The van der Waals surface area contributed by atoms with Gasteiger partial charge in [0.2, 0.25) is 0 Å². The number of ether oxygens (including phenoxy) is 2. The topological polar surface area (TPSA) is 52.6 Å². The molecule has 0 amide bonds. The first-order chi connectivity index (χ1) is 14.3. The second kappa shape index (κ2) is 7.79. The van der Waals surface area contributed by atoms with Gasteiger partial charge in [-0.15, -0.1) is 0 Å². The summed E-state index contributed by atoms with van der Waals surface area (Å²) >= 11 is 0. The van der Waals surface area contributed by atoms with Gasteiger partial charge >= 0.3 is 11.9 Å². The summed E-state index contributed by atoms with van der Waals surface area (Å²) < 4.78 is 10.6. The van der Waals surface area contributed by atoms with Crippen LogP contribution in [0.25, 0.3) is 10.8 Å². The summed E-state index contributed by atoms with van der Waals surface area (Å²) in [5.41, 5.74) is 2.89. The Morgan fingerprint density at radius 2 is 1.40 bits per heavy atom. The van der Waals surface area contributed by atoms with Crippen molar-refractivity contribution in [3.05, 3.63) is 95.1 Å². The van der Waals surface area contributed by atoms with Gasteiger partial charge in [0.05, 0.1) is 0 Å². The average Bonchev–Trinajstić information content (AvgIpc) is 2.71. The molecule has 1 saturated heterocycles. The van der Waals surface area contributed by atoms with E-state index in [0.717, 1.165) is 16.5 Å². The number of allylic oxidation sites excluding steroid dienone is 1. The maximum Gasteiger partial charge on any atom is 0.348 e. The van der Waals surface area contributed by atoms with Crippen LogP contribution in [-0.4, -0.2) is 17.7 Å². The second-order valence-corrected chi connectivity index (χ2v) is 8.11. The third-order valence-corrected chi connectivity index (χ3v) is 5.40. The van der Waals surface area contributed by atoms with E-state index in [9.17, 15) is 9.59 Å². The predicted molar refractivity (Wildman–Crippen MR) is 116 cm³/mol. The molecule has 3 aromatic carbocycles. The molecule has 1 fully saturated rings. The van der Waals surface area contributed by atoms with Gasteiger partial charge in [-0.25, -0.2) is 9.59 Å². The van der Waals surface area contributed by atoms with E-state index in [-0.39, 0.29) is 11.5 Å². The largest absolute Gasteiger partial charge is 0.419 e. The van der Waals surface area contributed by atoms with Crippen LogP contribution in [0.5, 0.6) is 0 Å². The van der Waals surface area contributed by atoms with Crippen molar-refractivity contribution >= 4 is 22.7 Å². The zero-order valence-electron chi connectivity index (χ0n) is 17.3. The number of carbonyl (C=O) groups is 2. The lowest BCUT2D eigenvalue weighted by Gasteiger charge is -2.31.